The number of H-pyrrole nitrogens is 3. The van der Waals surface area contributed by atoms with E-state index in [0.717, 1.165) is 36.7 Å². The first-order chi connectivity index (χ1) is 20.9. The van der Waals surface area contributed by atoms with Crippen LogP contribution in [0.2, 0.25) is 0 Å². The molecule has 0 atom stereocenters. The van der Waals surface area contributed by atoms with Gasteiger partial charge in [-0.1, -0.05) is 17.7 Å². The lowest BCUT2D eigenvalue weighted by Crippen LogP contribution is -2.14. The Balaban J connectivity index is 0.000000221. The highest BCUT2D eigenvalue weighted by atomic mass is 79.9. The van der Waals surface area contributed by atoms with Gasteiger partial charge in [0.2, 0.25) is 6.54 Å². The van der Waals surface area contributed by atoms with Crippen LogP contribution in [-0.2, 0) is 16.4 Å². The second kappa shape index (κ2) is 18.1. The van der Waals surface area contributed by atoms with Crippen LogP contribution in [0.1, 0.15) is 42.7 Å². The normalized spacial score (nSPS) is 10.2. The summed E-state index contributed by atoms with van der Waals surface area (Å²) in [6.45, 7) is 1.85. The highest BCUT2D eigenvalue weighted by molar-refractivity contribution is 9.11. The molecule has 3 N–H and O–H groups in total. The molecule has 0 amide bonds. The molecule has 0 fully saturated rings. The third kappa shape index (κ3) is 12.0. The molecule has 0 aliphatic carbocycles. The summed E-state index contributed by atoms with van der Waals surface area (Å²) in [4.78, 5) is 48.8. The number of hydrogen-bond donors (Lipinski definition) is 3. The van der Waals surface area contributed by atoms with Crippen molar-refractivity contribution in [1.29, 1.82) is 0 Å². The van der Waals surface area contributed by atoms with E-state index in [1.54, 1.807) is 48.9 Å². The third-order valence-electron chi connectivity index (χ3n) is 5.30. The van der Waals surface area contributed by atoms with Crippen LogP contribution in [0.3, 0.4) is 0 Å². The van der Waals surface area contributed by atoms with Gasteiger partial charge < -0.3 is 15.0 Å². The van der Waals surface area contributed by atoms with E-state index in [2.05, 4.69) is 62.7 Å². The van der Waals surface area contributed by atoms with Gasteiger partial charge in [0.25, 0.3) is 10.0 Å². The average Bonchev–Trinajstić information content (AvgIpc) is 3.81. The average molecular weight is 816 g/mol. The minimum absolute atomic E-state index is 0.0209. The SMILES string of the molecule is Cc1ccc(S(=O)(=O)n2cc(Br)cc2C=O)cc1.O=Cc1cc(Br)c[nH]1.O=Cc1ccc[nH]1.O=[N+]([O-])CCc1cc(Br)c[nH]1. The maximum absolute atomic E-state index is 12.3. The Labute approximate surface area is 277 Å². The van der Waals surface area contributed by atoms with E-state index in [4.69, 9.17) is 0 Å². The highest BCUT2D eigenvalue weighted by Crippen LogP contribution is 2.21. The Kier molecular flexibility index (Phi) is 14.9. The van der Waals surface area contributed by atoms with E-state index in [1.165, 1.54) is 24.4 Å². The van der Waals surface area contributed by atoms with Gasteiger partial charge in [0.05, 0.1) is 28.4 Å². The van der Waals surface area contributed by atoms with Crippen LogP contribution in [0.25, 0.3) is 0 Å². The van der Waals surface area contributed by atoms with Crippen molar-refractivity contribution in [1.82, 2.24) is 18.9 Å². The van der Waals surface area contributed by atoms with Crippen molar-refractivity contribution < 1.29 is 27.7 Å². The van der Waals surface area contributed by atoms with E-state index < -0.39 is 10.0 Å². The highest BCUT2D eigenvalue weighted by Gasteiger charge is 2.20. The Morgan fingerprint density at radius 1 is 0.841 bits per heavy atom. The summed E-state index contributed by atoms with van der Waals surface area (Å²) >= 11 is 9.58. The second-order valence-corrected chi connectivity index (χ2v) is 13.2. The van der Waals surface area contributed by atoms with E-state index in [9.17, 15) is 32.9 Å². The number of nitro groups is 1. The first-order valence-electron chi connectivity index (χ1n) is 12.4. The van der Waals surface area contributed by atoms with E-state index in [1.807, 2.05) is 13.0 Å². The predicted molar refractivity (Wildman–Crippen MR) is 175 cm³/mol. The van der Waals surface area contributed by atoms with Gasteiger partial charge in [0.15, 0.2) is 18.9 Å². The van der Waals surface area contributed by atoms with Gasteiger partial charge >= 0.3 is 0 Å². The van der Waals surface area contributed by atoms with Crippen molar-refractivity contribution in [2.45, 2.75) is 18.2 Å². The number of rotatable bonds is 8. The zero-order chi connectivity index (χ0) is 32.7. The molecule has 0 bridgehead atoms. The Hall–Kier alpha value is -3.86. The molecule has 5 aromatic rings. The van der Waals surface area contributed by atoms with Gasteiger partial charge in [-0.05, 0) is 97.2 Å². The molecule has 16 heteroatoms. The summed E-state index contributed by atoms with van der Waals surface area (Å²) in [6.07, 6.45) is 9.06. The van der Waals surface area contributed by atoms with Crippen molar-refractivity contribution in [2.24, 2.45) is 0 Å². The quantitative estimate of drug-likeness (QED) is 0.0894. The van der Waals surface area contributed by atoms with Crippen LogP contribution in [-0.4, -0.2) is 57.7 Å². The maximum atomic E-state index is 12.3. The summed E-state index contributed by atoms with van der Waals surface area (Å²) in [5.74, 6) is 0. The number of aromatic amines is 3. The number of hydrogen-bond acceptors (Lipinski definition) is 7. The molecule has 0 radical (unpaired) electrons. The smallest absolute Gasteiger partial charge is 0.268 e. The fourth-order valence-electron chi connectivity index (χ4n) is 3.18. The summed E-state index contributed by atoms with van der Waals surface area (Å²) in [5.41, 5.74) is 3.16. The van der Waals surface area contributed by atoms with Gasteiger partial charge in [-0.2, -0.15) is 0 Å². The van der Waals surface area contributed by atoms with E-state index in [0.29, 0.717) is 28.6 Å². The molecule has 1 aromatic carbocycles. The molecule has 0 saturated carbocycles. The lowest BCUT2D eigenvalue weighted by atomic mass is 10.2. The molecule has 12 nitrogen and oxygen atoms in total. The fourth-order valence-corrected chi connectivity index (χ4v) is 5.84. The number of aldehydes is 3. The Bertz CT molecular complexity index is 1760. The van der Waals surface area contributed by atoms with E-state index in [-0.39, 0.29) is 22.1 Å². The molecule has 0 spiro atoms. The van der Waals surface area contributed by atoms with Crippen molar-refractivity contribution in [3.05, 3.63) is 131 Å². The number of aryl methyl sites for hydroxylation is 1. The van der Waals surface area contributed by atoms with Gasteiger partial charge in [-0.3, -0.25) is 24.5 Å². The molecule has 0 unspecified atom stereocenters. The van der Waals surface area contributed by atoms with Crippen LogP contribution in [0.15, 0.2) is 97.7 Å². The molecule has 5 rings (SSSR count). The largest absolute Gasteiger partial charge is 0.364 e. The lowest BCUT2D eigenvalue weighted by molar-refractivity contribution is -0.479. The van der Waals surface area contributed by atoms with Crippen LogP contribution in [0.4, 0.5) is 0 Å². The predicted octanol–water partition coefficient (Wildman–Crippen LogP) is 6.62. The fraction of sp³-hybridized carbons (Fsp3) is 0.107. The molecule has 232 valence electrons. The van der Waals surface area contributed by atoms with Crippen molar-refractivity contribution in [3.63, 3.8) is 0 Å². The number of carbonyl (C=O) groups excluding carboxylic acids is 3. The lowest BCUT2D eigenvalue weighted by Gasteiger charge is -2.07. The second-order valence-electron chi connectivity index (χ2n) is 8.60. The first kappa shape index (κ1) is 36.3. The summed E-state index contributed by atoms with van der Waals surface area (Å²) < 4.78 is 28.0. The van der Waals surface area contributed by atoms with Crippen LogP contribution in [0.5, 0.6) is 0 Å². The number of nitrogens with one attached hydrogen (secondary N) is 3. The summed E-state index contributed by atoms with van der Waals surface area (Å²) in [6, 6.07) is 15.0. The first-order valence-corrected chi connectivity index (χ1v) is 16.2. The summed E-state index contributed by atoms with van der Waals surface area (Å²) in [5, 5.41) is 9.96. The maximum Gasteiger partial charge on any atom is 0.268 e. The molecule has 44 heavy (non-hydrogen) atoms. The van der Waals surface area contributed by atoms with Crippen molar-refractivity contribution in [3.8, 4) is 0 Å². The van der Waals surface area contributed by atoms with Gasteiger partial charge in [0.1, 0.15) is 0 Å². The number of nitrogens with zero attached hydrogens (tertiary/aromatic N) is 2. The van der Waals surface area contributed by atoms with Crippen LogP contribution < -0.4 is 0 Å². The topological polar surface area (TPSA) is 181 Å². The van der Waals surface area contributed by atoms with Crippen LogP contribution >= 0.6 is 47.8 Å². The van der Waals surface area contributed by atoms with Crippen LogP contribution in [0, 0.1) is 17.0 Å². The van der Waals surface area contributed by atoms with Crippen molar-refractivity contribution in [2.75, 3.05) is 6.54 Å². The zero-order valence-electron chi connectivity index (χ0n) is 22.9. The number of halogens is 3. The number of aromatic nitrogens is 4. The van der Waals surface area contributed by atoms with Gasteiger partial charge in [-0.25, -0.2) is 12.4 Å². The number of benzene rings is 1. The zero-order valence-corrected chi connectivity index (χ0v) is 28.5. The summed E-state index contributed by atoms with van der Waals surface area (Å²) in [7, 11) is -3.72. The molecule has 4 heterocycles. The molecule has 4 aromatic heterocycles. The third-order valence-corrected chi connectivity index (χ3v) is 8.35. The molecular weight excluding hydrogens is 790 g/mol. The molecular formula is C28H26Br3N5O7S. The Morgan fingerprint density at radius 3 is 1.91 bits per heavy atom. The van der Waals surface area contributed by atoms with E-state index >= 15 is 0 Å². The minimum Gasteiger partial charge on any atom is -0.364 e. The Morgan fingerprint density at radius 2 is 1.48 bits per heavy atom. The standard InChI is InChI=1S/C12H10BrNO3S.C6H7BrN2O2.C5H4BrNO.C5H5NO/c1-9-2-4-12(5-3-9)18(16,17)14-7-10(13)6-11(14)8-15;7-5-3-6(8-4-5)1-2-9(10)11;6-4-1-5(3-8)7-2-4;7-4-5-2-1-3-6-5/h2-8H,1H3;3-4,8H,1-2H2;1-3,7H;1-4,6H. The molecule has 0 saturated heterocycles. The monoisotopic (exact) mass is 813 g/mol. The minimum atomic E-state index is -3.72. The number of carbonyl (C=O) groups is 3. The van der Waals surface area contributed by atoms with Gasteiger partial charge in [0, 0.05) is 48.8 Å². The van der Waals surface area contributed by atoms with Gasteiger partial charge in [-0.15, -0.1) is 0 Å². The molecule has 0 aliphatic heterocycles. The molecule has 0 aliphatic rings. The van der Waals surface area contributed by atoms with Crippen molar-refractivity contribution >= 4 is 76.7 Å².